The van der Waals surface area contributed by atoms with Gasteiger partial charge in [-0.2, -0.15) is 0 Å². The standard InChI is InChI=1S/C39H72O6/c1-3-5-7-9-11-13-15-17-19-21-23-27-33-35(44-33)29-25-31-39(37(40)41,38(42)43)32-26-30-36-34(45-36)28-24-22-20-18-16-14-12-10-8-6-4-2/h33-36H,3-32H2,1-2H3,(H,40,41)(H,42,43). The Hall–Kier alpha value is -1.14. The van der Waals surface area contributed by atoms with Crippen LogP contribution in [0.2, 0.25) is 0 Å². The van der Waals surface area contributed by atoms with Crippen LogP contribution in [0.4, 0.5) is 0 Å². The highest BCUT2D eigenvalue weighted by Crippen LogP contribution is 2.38. The number of ether oxygens (including phenoxy) is 2. The zero-order valence-electron chi connectivity index (χ0n) is 29.6. The highest BCUT2D eigenvalue weighted by atomic mass is 16.6. The maximum Gasteiger partial charge on any atom is 0.321 e. The van der Waals surface area contributed by atoms with Crippen molar-refractivity contribution in [2.45, 2.75) is 231 Å². The SMILES string of the molecule is CCCCCCCCCCCCCC1OC1CCCC(CCCC1OC1CCCCCCCCCCCCC)(C(=O)O)C(=O)O. The maximum atomic E-state index is 12.2. The molecule has 6 nitrogen and oxygen atoms in total. The molecule has 0 aromatic heterocycles. The molecule has 4 atom stereocenters. The minimum Gasteiger partial charge on any atom is -0.480 e. The van der Waals surface area contributed by atoms with E-state index in [2.05, 4.69) is 13.8 Å². The molecule has 264 valence electrons. The van der Waals surface area contributed by atoms with Crippen LogP contribution in [0.5, 0.6) is 0 Å². The monoisotopic (exact) mass is 637 g/mol. The van der Waals surface area contributed by atoms with Crippen molar-refractivity contribution in [3.05, 3.63) is 0 Å². The van der Waals surface area contributed by atoms with E-state index in [0.29, 0.717) is 12.8 Å². The highest BCUT2D eigenvalue weighted by Gasteiger charge is 2.47. The fourth-order valence-corrected chi connectivity index (χ4v) is 7.25. The molecule has 2 N–H and O–H groups in total. The summed E-state index contributed by atoms with van der Waals surface area (Å²) in [4.78, 5) is 24.4. The first-order valence-corrected chi connectivity index (χ1v) is 19.7. The Labute approximate surface area is 277 Å². The van der Waals surface area contributed by atoms with Crippen molar-refractivity contribution in [2.75, 3.05) is 0 Å². The summed E-state index contributed by atoms with van der Waals surface area (Å²) in [6.45, 7) is 4.53. The molecule has 2 heterocycles. The molecule has 0 bridgehead atoms. The quantitative estimate of drug-likeness (QED) is 0.0414. The summed E-state index contributed by atoms with van der Waals surface area (Å²) in [6.07, 6.45) is 35.5. The van der Waals surface area contributed by atoms with Crippen molar-refractivity contribution in [2.24, 2.45) is 5.41 Å². The minimum absolute atomic E-state index is 0.177. The molecule has 2 fully saturated rings. The Balaban J connectivity index is 1.48. The summed E-state index contributed by atoms with van der Waals surface area (Å²) in [6, 6.07) is 0. The molecule has 6 heteroatoms. The van der Waals surface area contributed by atoms with Gasteiger partial charge in [0.15, 0.2) is 5.41 Å². The van der Waals surface area contributed by atoms with Gasteiger partial charge in [0, 0.05) is 0 Å². The van der Waals surface area contributed by atoms with E-state index in [4.69, 9.17) is 9.47 Å². The van der Waals surface area contributed by atoms with E-state index in [1.54, 1.807) is 0 Å². The van der Waals surface area contributed by atoms with Gasteiger partial charge >= 0.3 is 11.9 Å². The number of carboxylic acid groups (broad SMARTS) is 2. The van der Waals surface area contributed by atoms with E-state index >= 15 is 0 Å². The Bertz CT molecular complexity index is 692. The summed E-state index contributed by atoms with van der Waals surface area (Å²) in [5, 5.41) is 19.9. The van der Waals surface area contributed by atoms with Crippen LogP contribution in [-0.2, 0) is 19.1 Å². The van der Waals surface area contributed by atoms with Crippen LogP contribution in [0.25, 0.3) is 0 Å². The summed E-state index contributed by atoms with van der Waals surface area (Å²) < 4.78 is 11.7. The van der Waals surface area contributed by atoms with E-state index in [-0.39, 0.29) is 37.3 Å². The van der Waals surface area contributed by atoms with E-state index in [0.717, 1.165) is 25.7 Å². The lowest BCUT2D eigenvalue weighted by molar-refractivity contribution is -0.166. The van der Waals surface area contributed by atoms with Gasteiger partial charge in [0.2, 0.25) is 0 Å². The third-order valence-corrected chi connectivity index (χ3v) is 10.6. The molecule has 0 saturated carbocycles. The lowest BCUT2D eigenvalue weighted by Gasteiger charge is -2.24. The zero-order valence-corrected chi connectivity index (χ0v) is 29.6. The molecule has 2 rings (SSSR count). The first kappa shape index (κ1) is 40.0. The van der Waals surface area contributed by atoms with Crippen molar-refractivity contribution in [3.8, 4) is 0 Å². The first-order valence-electron chi connectivity index (χ1n) is 19.7. The summed E-state index contributed by atoms with van der Waals surface area (Å²) in [7, 11) is 0. The molecule has 0 aliphatic carbocycles. The average Bonchev–Trinajstić information content (AvgIpc) is 3.95. The van der Waals surface area contributed by atoms with Gasteiger partial charge in [-0.15, -0.1) is 0 Å². The molecule has 2 aliphatic rings. The minimum atomic E-state index is -1.69. The van der Waals surface area contributed by atoms with Crippen LogP contribution in [0.3, 0.4) is 0 Å². The lowest BCUT2D eigenvalue weighted by atomic mass is 9.77. The van der Waals surface area contributed by atoms with Gasteiger partial charge in [-0.05, 0) is 51.4 Å². The second-order valence-electron chi connectivity index (χ2n) is 14.6. The van der Waals surface area contributed by atoms with Gasteiger partial charge in [-0.25, -0.2) is 0 Å². The number of aliphatic carboxylic acids is 2. The number of epoxide rings is 2. The molecule has 4 unspecified atom stereocenters. The van der Waals surface area contributed by atoms with Crippen molar-refractivity contribution in [3.63, 3.8) is 0 Å². The molecule has 0 amide bonds. The Kier molecular flexibility index (Phi) is 22.2. The van der Waals surface area contributed by atoms with Crippen molar-refractivity contribution < 1.29 is 29.3 Å². The molecule has 0 radical (unpaired) electrons. The van der Waals surface area contributed by atoms with Gasteiger partial charge < -0.3 is 19.7 Å². The Morgan fingerprint density at radius 3 is 0.933 bits per heavy atom. The number of rotatable bonds is 34. The van der Waals surface area contributed by atoms with Gasteiger partial charge in [0.1, 0.15) is 0 Å². The second-order valence-corrected chi connectivity index (χ2v) is 14.6. The smallest absolute Gasteiger partial charge is 0.321 e. The van der Waals surface area contributed by atoms with E-state index < -0.39 is 17.4 Å². The van der Waals surface area contributed by atoms with Crippen molar-refractivity contribution >= 4 is 11.9 Å². The molecule has 0 aromatic carbocycles. The highest BCUT2D eigenvalue weighted by molar-refractivity contribution is 5.98. The van der Waals surface area contributed by atoms with Crippen molar-refractivity contribution in [1.29, 1.82) is 0 Å². The van der Waals surface area contributed by atoms with Crippen LogP contribution in [-0.4, -0.2) is 46.6 Å². The molecule has 45 heavy (non-hydrogen) atoms. The molecule has 0 spiro atoms. The summed E-state index contributed by atoms with van der Waals surface area (Å²) in [5.41, 5.74) is -1.69. The number of unbranched alkanes of at least 4 members (excludes halogenated alkanes) is 20. The topological polar surface area (TPSA) is 99.7 Å². The normalized spacial score (nSPS) is 20.8. The molecule has 0 aromatic rings. The van der Waals surface area contributed by atoms with Crippen LogP contribution >= 0.6 is 0 Å². The van der Waals surface area contributed by atoms with Crippen LogP contribution < -0.4 is 0 Å². The zero-order chi connectivity index (χ0) is 32.6. The molecule has 2 aliphatic heterocycles. The van der Waals surface area contributed by atoms with Gasteiger partial charge in [-0.1, -0.05) is 155 Å². The third kappa shape index (κ3) is 18.1. The van der Waals surface area contributed by atoms with Crippen molar-refractivity contribution in [1.82, 2.24) is 0 Å². The molecule has 2 saturated heterocycles. The number of carboxylic acids is 2. The first-order chi connectivity index (χ1) is 21.9. The third-order valence-electron chi connectivity index (χ3n) is 10.6. The van der Waals surface area contributed by atoms with E-state index in [9.17, 15) is 19.8 Å². The van der Waals surface area contributed by atoms with Gasteiger partial charge in [0.25, 0.3) is 0 Å². The number of hydrogen-bond acceptors (Lipinski definition) is 4. The molecular formula is C39H72O6. The number of carbonyl (C=O) groups is 2. The van der Waals surface area contributed by atoms with Crippen LogP contribution in [0.15, 0.2) is 0 Å². The fourth-order valence-electron chi connectivity index (χ4n) is 7.25. The Morgan fingerprint density at radius 1 is 0.422 bits per heavy atom. The fraction of sp³-hybridized carbons (Fsp3) is 0.949. The van der Waals surface area contributed by atoms with Crippen LogP contribution in [0, 0.1) is 5.41 Å². The Morgan fingerprint density at radius 2 is 0.667 bits per heavy atom. The van der Waals surface area contributed by atoms with E-state index in [1.807, 2.05) is 0 Å². The lowest BCUT2D eigenvalue weighted by Crippen LogP contribution is -2.39. The summed E-state index contributed by atoms with van der Waals surface area (Å²) >= 11 is 0. The number of hydrogen-bond donors (Lipinski definition) is 2. The van der Waals surface area contributed by atoms with E-state index in [1.165, 1.54) is 141 Å². The average molecular weight is 637 g/mol. The van der Waals surface area contributed by atoms with Gasteiger partial charge in [0.05, 0.1) is 24.4 Å². The second kappa shape index (κ2) is 25.0. The molecular weight excluding hydrogens is 564 g/mol. The van der Waals surface area contributed by atoms with Gasteiger partial charge in [-0.3, -0.25) is 9.59 Å². The summed E-state index contributed by atoms with van der Waals surface area (Å²) in [5.74, 6) is -2.39. The predicted molar refractivity (Wildman–Crippen MR) is 185 cm³/mol. The maximum absolute atomic E-state index is 12.2. The van der Waals surface area contributed by atoms with Crippen LogP contribution in [0.1, 0.15) is 206 Å². The predicted octanol–water partition coefficient (Wildman–Crippen LogP) is 11.4. The largest absolute Gasteiger partial charge is 0.480 e.